The zero-order valence-electron chi connectivity index (χ0n) is 12.5. The molecule has 1 saturated heterocycles. The van der Waals surface area contributed by atoms with Gasteiger partial charge in [-0.15, -0.1) is 11.3 Å². The van der Waals surface area contributed by atoms with Crippen molar-refractivity contribution < 1.29 is 33.0 Å². The van der Waals surface area contributed by atoms with E-state index in [9.17, 15) is 33.0 Å². The van der Waals surface area contributed by atoms with E-state index in [2.05, 4.69) is 10.3 Å². The Morgan fingerprint density at radius 2 is 2.12 bits per heavy atom. The molecule has 0 aromatic carbocycles. The van der Waals surface area contributed by atoms with Gasteiger partial charge in [0.2, 0.25) is 11.5 Å². The van der Waals surface area contributed by atoms with Gasteiger partial charge in [0.15, 0.2) is 0 Å². The van der Waals surface area contributed by atoms with E-state index in [4.69, 9.17) is 0 Å². The Kier molecular flexibility index (Phi) is 5.17. The van der Waals surface area contributed by atoms with Crippen LogP contribution < -0.4 is 5.32 Å². The minimum atomic E-state index is -5.13. The van der Waals surface area contributed by atoms with Crippen molar-refractivity contribution >= 4 is 35.0 Å². The van der Waals surface area contributed by atoms with Crippen LogP contribution in [0.3, 0.4) is 0 Å². The number of carboxylic acids is 1. The van der Waals surface area contributed by atoms with Gasteiger partial charge in [0.1, 0.15) is 10.5 Å². The summed E-state index contributed by atoms with van der Waals surface area (Å²) >= 11 is 1.88. The second-order valence-electron chi connectivity index (χ2n) is 5.57. The lowest BCUT2D eigenvalue weighted by molar-refractivity contribution is -0.267. The zero-order valence-corrected chi connectivity index (χ0v) is 14.1. The Morgan fingerprint density at radius 3 is 2.54 bits per heavy atom. The van der Waals surface area contributed by atoms with E-state index in [-0.39, 0.29) is 17.9 Å². The summed E-state index contributed by atoms with van der Waals surface area (Å²) in [6, 6.07) is 0. The van der Waals surface area contributed by atoms with E-state index in [0.29, 0.717) is 17.1 Å². The normalized spacial score (nSPS) is 23.7. The molecule has 134 valence electrons. The topological polar surface area (TPSA) is 99.5 Å². The molecule has 2 heterocycles. The summed E-state index contributed by atoms with van der Waals surface area (Å²) in [7, 11) is 0. The highest BCUT2D eigenvalue weighted by Gasteiger charge is 2.58. The van der Waals surface area contributed by atoms with Crippen LogP contribution in [0.2, 0.25) is 0 Å². The number of nitrogens with zero attached hydrogens (tertiary/aromatic N) is 1. The second-order valence-corrected chi connectivity index (χ2v) is 7.53. The lowest BCUT2D eigenvalue weighted by Gasteiger charge is -2.30. The van der Waals surface area contributed by atoms with Crippen LogP contribution in [0, 0.1) is 6.92 Å². The van der Waals surface area contributed by atoms with Crippen molar-refractivity contribution in [2.24, 2.45) is 0 Å². The van der Waals surface area contributed by atoms with Crippen LogP contribution in [0.15, 0.2) is 5.38 Å². The number of hydrogen-bond acceptors (Lipinski definition) is 6. The molecule has 1 fully saturated rings. The number of alkyl halides is 3. The Hall–Kier alpha value is -1.33. The van der Waals surface area contributed by atoms with Crippen LogP contribution in [0.25, 0.3) is 0 Å². The van der Waals surface area contributed by atoms with Crippen LogP contribution in [0.5, 0.6) is 0 Å². The molecule has 2 rings (SSSR count). The molecule has 0 radical (unpaired) electrons. The lowest BCUT2D eigenvalue weighted by Crippen LogP contribution is -2.57. The Bertz CT molecular complexity index is 643. The average Bonchev–Trinajstić information content (AvgIpc) is 3.07. The van der Waals surface area contributed by atoms with Crippen molar-refractivity contribution in [2.45, 2.75) is 37.1 Å². The first-order valence-electron chi connectivity index (χ1n) is 6.84. The van der Waals surface area contributed by atoms with Crippen LogP contribution in [-0.2, 0) is 15.2 Å². The molecule has 11 heteroatoms. The Balaban J connectivity index is 2.24. The molecule has 0 aliphatic carbocycles. The number of thiazole rings is 1. The number of amides is 1. The first-order chi connectivity index (χ1) is 11.0. The molecule has 2 unspecified atom stereocenters. The third kappa shape index (κ3) is 3.52. The fourth-order valence-corrected chi connectivity index (χ4v) is 4.51. The van der Waals surface area contributed by atoms with E-state index in [1.165, 1.54) is 24.1 Å². The number of aryl methyl sites for hydroxylation is 1. The van der Waals surface area contributed by atoms with Crippen LogP contribution in [0.4, 0.5) is 13.2 Å². The van der Waals surface area contributed by atoms with Crippen LogP contribution in [-0.4, -0.2) is 50.3 Å². The van der Waals surface area contributed by atoms with E-state index in [0.717, 1.165) is 0 Å². The van der Waals surface area contributed by atoms with Gasteiger partial charge in [-0.3, -0.25) is 4.79 Å². The second kappa shape index (κ2) is 6.52. The number of carboxylic acid groups (broad SMARTS) is 1. The third-order valence-electron chi connectivity index (χ3n) is 3.67. The molecule has 0 spiro atoms. The lowest BCUT2D eigenvalue weighted by atomic mass is 9.95. The van der Waals surface area contributed by atoms with Crippen molar-refractivity contribution in [1.29, 1.82) is 0 Å². The quantitative estimate of drug-likeness (QED) is 0.714. The third-order valence-corrected chi connectivity index (χ3v) is 5.97. The van der Waals surface area contributed by atoms with E-state index >= 15 is 0 Å². The number of aliphatic carboxylic acids is 1. The van der Waals surface area contributed by atoms with Gasteiger partial charge in [-0.2, -0.15) is 24.9 Å². The van der Waals surface area contributed by atoms with Gasteiger partial charge in [-0.05, 0) is 19.1 Å². The minimum Gasteiger partial charge on any atom is -0.479 e. The molecule has 0 bridgehead atoms. The molecule has 1 aromatic rings. The summed E-state index contributed by atoms with van der Waals surface area (Å²) in [6.07, 6.45) is -6.36. The molecular weight excluding hydrogens is 369 g/mol. The SMILES string of the molecule is Cc1csc(C(O)(CC(=O)NC2(C(=O)O)CCSC2)C(F)(F)F)n1. The maximum atomic E-state index is 13.3. The number of aromatic nitrogens is 1. The molecule has 1 amide bonds. The smallest absolute Gasteiger partial charge is 0.424 e. The van der Waals surface area contributed by atoms with Crippen LogP contribution in [0.1, 0.15) is 23.5 Å². The van der Waals surface area contributed by atoms with Crippen molar-refractivity contribution in [3.8, 4) is 0 Å². The number of halogens is 3. The van der Waals surface area contributed by atoms with E-state index < -0.39 is 40.6 Å². The molecule has 0 saturated carbocycles. The standard InChI is InChI=1S/C13H15F3N2O4S2/c1-7-5-24-9(17-7)12(22,13(14,15)16)4-8(19)18-11(10(20)21)2-3-23-6-11/h5,22H,2-4,6H2,1H3,(H,18,19)(H,20,21). The van der Waals surface area contributed by atoms with Crippen LogP contribution >= 0.6 is 23.1 Å². The first-order valence-corrected chi connectivity index (χ1v) is 8.87. The van der Waals surface area contributed by atoms with Gasteiger partial charge in [-0.1, -0.05) is 0 Å². The summed E-state index contributed by atoms with van der Waals surface area (Å²) in [4.78, 5) is 27.1. The molecule has 24 heavy (non-hydrogen) atoms. The van der Waals surface area contributed by atoms with Crippen molar-refractivity contribution in [2.75, 3.05) is 11.5 Å². The van der Waals surface area contributed by atoms with Gasteiger partial charge in [0.05, 0.1) is 6.42 Å². The number of carbonyl (C=O) groups is 2. The Morgan fingerprint density at radius 1 is 1.46 bits per heavy atom. The average molecular weight is 384 g/mol. The number of nitrogens with one attached hydrogen (secondary N) is 1. The van der Waals surface area contributed by atoms with Crippen molar-refractivity contribution in [3.63, 3.8) is 0 Å². The summed E-state index contributed by atoms with van der Waals surface area (Å²) in [5.74, 6) is -1.95. The molecule has 1 aliphatic rings. The highest BCUT2D eigenvalue weighted by atomic mass is 32.2. The van der Waals surface area contributed by atoms with Crippen molar-refractivity contribution in [1.82, 2.24) is 10.3 Å². The van der Waals surface area contributed by atoms with Gasteiger partial charge in [0, 0.05) is 16.8 Å². The largest absolute Gasteiger partial charge is 0.479 e. The molecule has 3 N–H and O–H groups in total. The Labute approximate surface area is 143 Å². The van der Waals surface area contributed by atoms with Gasteiger partial charge < -0.3 is 15.5 Å². The molecular formula is C13H15F3N2O4S2. The molecule has 6 nitrogen and oxygen atoms in total. The fourth-order valence-electron chi connectivity index (χ4n) is 2.27. The van der Waals surface area contributed by atoms with E-state index in [1.54, 1.807) is 0 Å². The van der Waals surface area contributed by atoms with E-state index in [1.807, 2.05) is 0 Å². The first kappa shape index (κ1) is 19.0. The zero-order chi connectivity index (χ0) is 18.2. The molecule has 1 aliphatic heterocycles. The highest BCUT2D eigenvalue weighted by Crippen LogP contribution is 2.43. The maximum absolute atomic E-state index is 13.3. The van der Waals surface area contributed by atoms with Gasteiger partial charge >= 0.3 is 12.1 Å². The predicted molar refractivity (Wildman–Crippen MR) is 81.9 cm³/mol. The summed E-state index contributed by atoms with van der Waals surface area (Å²) in [5.41, 5.74) is -4.78. The number of aliphatic hydroxyl groups is 1. The predicted octanol–water partition coefficient (Wildman–Crippen LogP) is 1.67. The van der Waals surface area contributed by atoms with Gasteiger partial charge in [-0.25, -0.2) is 9.78 Å². The minimum absolute atomic E-state index is 0.0644. The highest BCUT2D eigenvalue weighted by molar-refractivity contribution is 7.99. The fraction of sp³-hybridized carbons (Fsp3) is 0.615. The molecule has 1 aromatic heterocycles. The number of thioether (sulfide) groups is 1. The number of carbonyl (C=O) groups excluding carboxylic acids is 1. The number of rotatable bonds is 5. The molecule has 2 atom stereocenters. The van der Waals surface area contributed by atoms with Gasteiger partial charge in [0.25, 0.3) is 0 Å². The summed E-state index contributed by atoms with van der Waals surface area (Å²) < 4.78 is 40.0. The summed E-state index contributed by atoms with van der Waals surface area (Å²) in [6.45, 7) is 1.46. The maximum Gasteiger partial charge on any atom is 0.424 e. The summed E-state index contributed by atoms with van der Waals surface area (Å²) in [5, 5.41) is 22.2. The number of hydrogen-bond donors (Lipinski definition) is 3. The van der Waals surface area contributed by atoms with Crippen molar-refractivity contribution in [3.05, 3.63) is 16.1 Å². The monoisotopic (exact) mass is 384 g/mol.